The number of para-hydroxylation sites is 2. The Hall–Kier alpha value is -16.8. The molecule has 1 aliphatic heterocycles. The fourth-order valence-electron chi connectivity index (χ4n) is 16.7. The Labute approximate surface area is 882 Å². The highest BCUT2D eigenvalue weighted by atomic mass is 35.5. The van der Waals surface area contributed by atoms with Crippen LogP contribution >= 0.6 is 11.6 Å². The minimum absolute atomic E-state index is 0. The molecule has 29 nitrogen and oxygen atoms in total. The molecule has 0 radical (unpaired) electrons. The van der Waals surface area contributed by atoms with Gasteiger partial charge in [-0.05, 0) is 192 Å². The molecule has 0 bridgehead atoms. The summed E-state index contributed by atoms with van der Waals surface area (Å²) in [6.07, 6.45) is 6.85. The second-order valence-electron chi connectivity index (χ2n) is 36.3. The van der Waals surface area contributed by atoms with Gasteiger partial charge in [0.05, 0.1) is 74.1 Å². The lowest BCUT2D eigenvalue weighted by Gasteiger charge is -2.26. The summed E-state index contributed by atoms with van der Waals surface area (Å²) >= 11 is 6.35. The van der Waals surface area contributed by atoms with E-state index in [0.29, 0.717) is 113 Å². The number of hydrogen-bond acceptors (Lipinski definition) is 18. The van der Waals surface area contributed by atoms with Crippen LogP contribution in [0.2, 0.25) is 5.02 Å². The highest BCUT2D eigenvalue weighted by Crippen LogP contribution is 2.39. The lowest BCUT2D eigenvalue weighted by atomic mass is 9.98. The van der Waals surface area contributed by atoms with Crippen LogP contribution in [0.1, 0.15) is 179 Å². The van der Waals surface area contributed by atoms with Crippen LogP contribution in [-0.2, 0) is 53.6 Å². The first-order chi connectivity index (χ1) is 71.1. The fraction of sp³-hybridized carbons (Fsp3) is 0.275. The van der Waals surface area contributed by atoms with Crippen molar-refractivity contribution in [2.24, 2.45) is 12.1 Å². The van der Waals surface area contributed by atoms with Crippen molar-refractivity contribution < 1.29 is 57.4 Å². The number of aryl methyl sites for hydroxylation is 6. The standard InChI is InChI=1S/C26H29N3O4.C26H30N2O2.C24H25N5O3.C21H19ClN2O2.C21H24N4O2.2CH4/c1-18-10-13-26(33-22-8-6-5-7-9-22)25(14-18)29(20(3)31)16-21-15-23(32-4)11-12-24(21)28-17-27-19(2)30;1-19-12-7-9-15-22(19)25-23-16-10-8-14-21(23)18-24(28-25)26(30)27-17-11-5-3-4-6-13-20(2)29;1-15-10-11-18-20(12-15)28(4)23-22(18)19(13-21(31)27(3)14-25-16(2)30)26-29(24(23)32)17-8-6-5-7-9-17;1-14(25)7-6-12-23-21(26)19-13-15-8-2-3-9-16(15)20(24-19)17-10-4-5-11-18(17)22;1-14-5-8-17(9-6-14)20-18-13-15(2)7-10-19(18)24(4)21(27)25(23-20)12-11-22-16(3)26;;/h5-15,28H,16-17H2,1-4H3,(H,27,30);7-10,12,14-16,18H,3-6,11,13,17H2,1-2H3,(H,27,30);5-12H,13-14H2,1-4H3,(H,25,30);2-5,8-11,13H,6-7,12H2,1H3,(H,23,26);5-10,13H,11-12H2,1-4H3,(H,22,26);2*1H4. The number of anilines is 3. The molecule has 15 aromatic rings. The third kappa shape index (κ3) is 31.4. The van der Waals surface area contributed by atoms with Crippen LogP contribution in [0.3, 0.4) is 0 Å². The summed E-state index contributed by atoms with van der Waals surface area (Å²) in [6.45, 7) is 21.5. The molecule has 0 atom stereocenters. The number of hydrazone groups is 1. The van der Waals surface area contributed by atoms with E-state index in [1.807, 2.05) is 276 Å². The molecule has 780 valence electrons. The SMILES string of the molecule is C.C.CC(=O)CCCCCCCNC(=O)c1cc2ccccc2c(-c2ccccc2C)n1.CC(=O)CCCNC(=O)c1cc2ccccc2c(-c2ccccc2Cl)n1.CC(=O)NCCN1N=C(c2ccc(C)cc2)c2cc(C)ccc2N(C)C1=O.CC(=O)NCN(C)C(=O)Cc1nn(-c2ccccc2)c(=O)c2c1c1ccc(C)cc1n2C.COc1ccc(NCNC(C)=O)c(CN(C(C)=O)c2cc(C)ccc2Oc2ccccc2)c1. The summed E-state index contributed by atoms with van der Waals surface area (Å²) in [7, 11) is 6.82. The molecule has 0 fully saturated rings. The van der Waals surface area contributed by atoms with Gasteiger partial charge >= 0.3 is 6.03 Å². The van der Waals surface area contributed by atoms with E-state index in [0.717, 1.165) is 143 Å². The van der Waals surface area contributed by atoms with Crippen molar-refractivity contribution in [3.05, 3.63) is 344 Å². The molecule has 0 saturated carbocycles. The molecule has 16 rings (SSSR count). The zero-order valence-electron chi connectivity index (χ0n) is 86.4. The number of rotatable bonds is 34. The van der Waals surface area contributed by atoms with Gasteiger partial charge in [-0.3, -0.25) is 43.3 Å². The Balaban J connectivity index is 0.000000191. The van der Waals surface area contributed by atoms with E-state index >= 15 is 0 Å². The van der Waals surface area contributed by atoms with Crippen molar-refractivity contribution in [2.75, 3.05) is 75.8 Å². The van der Waals surface area contributed by atoms with Crippen molar-refractivity contribution in [2.45, 2.75) is 155 Å². The maximum atomic E-state index is 13.5. The first kappa shape index (κ1) is 115. The average molecular weight is 2040 g/mol. The molecule has 5 heterocycles. The number of unbranched alkanes of at least 4 members (excludes halogenated alkanes) is 4. The van der Waals surface area contributed by atoms with Crippen LogP contribution in [-0.4, -0.2) is 160 Å². The van der Waals surface area contributed by atoms with Gasteiger partial charge in [0.15, 0.2) is 5.75 Å². The Morgan fingerprint density at radius 2 is 1.03 bits per heavy atom. The summed E-state index contributed by atoms with van der Waals surface area (Å²) in [5.74, 6) is 1.10. The molecule has 6 N–H and O–H groups in total. The number of fused-ring (bicyclic) bond motifs is 6. The molecule has 11 aromatic carbocycles. The zero-order chi connectivity index (χ0) is 106. The van der Waals surface area contributed by atoms with E-state index < -0.39 is 0 Å². The van der Waals surface area contributed by atoms with Crippen LogP contribution in [0.25, 0.3) is 71.6 Å². The number of carbonyl (C=O) groups excluding carboxylic acids is 10. The minimum Gasteiger partial charge on any atom is -0.497 e. The maximum Gasteiger partial charge on any atom is 0.344 e. The summed E-state index contributed by atoms with van der Waals surface area (Å²) in [5, 5.41) is 33.9. The van der Waals surface area contributed by atoms with Crippen LogP contribution in [0.15, 0.2) is 277 Å². The van der Waals surface area contributed by atoms with E-state index in [4.69, 9.17) is 31.2 Å². The molecular formula is C120H135ClN16O13. The van der Waals surface area contributed by atoms with Crippen LogP contribution in [0.5, 0.6) is 17.2 Å². The number of aromatic nitrogens is 5. The van der Waals surface area contributed by atoms with Gasteiger partial charge < -0.3 is 65.3 Å². The molecule has 0 saturated heterocycles. The van der Waals surface area contributed by atoms with E-state index in [2.05, 4.69) is 73.2 Å². The zero-order valence-corrected chi connectivity index (χ0v) is 87.1. The molecule has 150 heavy (non-hydrogen) atoms. The van der Waals surface area contributed by atoms with Crippen molar-refractivity contribution >= 4 is 137 Å². The fourth-order valence-corrected chi connectivity index (χ4v) is 17.0. The Bertz CT molecular complexity index is 7440. The third-order valence-electron chi connectivity index (χ3n) is 24.6. The monoisotopic (exact) mass is 2040 g/mol. The number of urea groups is 1. The Kier molecular flexibility index (Phi) is 42.7. The molecule has 0 unspecified atom stereocenters. The summed E-state index contributed by atoms with van der Waals surface area (Å²) in [6, 6.07) is 84.8. The van der Waals surface area contributed by atoms with E-state index in [-0.39, 0.29) is 106 Å². The Morgan fingerprint density at radius 3 is 1.65 bits per heavy atom. The van der Waals surface area contributed by atoms with E-state index in [1.165, 1.54) is 42.3 Å². The van der Waals surface area contributed by atoms with E-state index in [1.54, 1.807) is 50.9 Å². The number of ketones is 2. The topological polar surface area (TPSA) is 352 Å². The van der Waals surface area contributed by atoms with Gasteiger partial charge in [-0.1, -0.05) is 233 Å². The first-order valence-corrected chi connectivity index (χ1v) is 49.5. The van der Waals surface area contributed by atoms with Gasteiger partial charge in [0.25, 0.3) is 17.4 Å². The van der Waals surface area contributed by atoms with Crippen molar-refractivity contribution in [3.63, 3.8) is 0 Å². The number of benzene rings is 11. The van der Waals surface area contributed by atoms with E-state index in [9.17, 15) is 52.7 Å². The van der Waals surface area contributed by atoms with Gasteiger partial charge in [-0.2, -0.15) is 14.9 Å². The third-order valence-corrected chi connectivity index (χ3v) is 24.9. The van der Waals surface area contributed by atoms with Gasteiger partial charge in [-0.25, -0.2) is 19.8 Å². The van der Waals surface area contributed by atoms with Crippen molar-refractivity contribution in [1.82, 2.24) is 60.8 Å². The molecule has 1 aliphatic rings. The van der Waals surface area contributed by atoms with Gasteiger partial charge in [-0.15, -0.1) is 0 Å². The predicted octanol–water partition coefficient (Wildman–Crippen LogP) is 22.0. The highest BCUT2D eigenvalue weighted by molar-refractivity contribution is 6.33. The number of nitrogens with zero attached hydrogens (tertiary/aromatic N) is 10. The average Bonchev–Trinajstić information content (AvgIpc) is 1.57. The number of nitrogens with one attached hydrogen (secondary N) is 6. The largest absolute Gasteiger partial charge is 0.497 e. The lowest BCUT2D eigenvalue weighted by molar-refractivity contribution is -0.130. The molecule has 30 heteroatoms. The molecule has 0 spiro atoms. The summed E-state index contributed by atoms with van der Waals surface area (Å²) < 4.78 is 14.7. The number of hydrogen-bond donors (Lipinski definition) is 6. The second kappa shape index (κ2) is 55.6. The van der Waals surface area contributed by atoms with Gasteiger partial charge in [0, 0.05) is 141 Å². The van der Waals surface area contributed by atoms with Crippen LogP contribution < -0.4 is 56.7 Å². The summed E-state index contributed by atoms with van der Waals surface area (Å²) in [4.78, 5) is 147. The number of pyridine rings is 2. The quantitative estimate of drug-likeness (QED) is 0.0161. The number of Topliss-reactive ketones (excluding diaryl/α,β-unsaturated/α-hetero) is 2. The van der Waals surface area contributed by atoms with Gasteiger partial charge in [0.2, 0.25) is 29.5 Å². The van der Waals surface area contributed by atoms with Crippen LogP contribution in [0, 0.1) is 34.6 Å². The number of amides is 9. The molecule has 9 amide bonds. The van der Waals surface area contributed by atoms with Crippen molar-refractivity contribution in [3.8, 4) is 45.5 Å². The molecule has 4 aromatic heterocycles. The maximum absolute atomic E-state index is 13.5. The number of carbonyl (C=O) groups is 10. The van der Waals surface area contributed by atoms with Gasteiger partial charge in [0.1, 0.15) is 45.7 Å². The minimum atomic E-state index is -0.257. The smallest absolute Gasteiger partial charge is 0.344 e. The Morgan fingerprint density at radius 1 is 0.487 bits per heavy atom. The molecular weight excluding hydrogens is 1910 g/mol. The number of methoxy groups -OCH3 is 1. The number of likely N-dealkylation sites (N-methyl/N-ethyl adjacent to an activating group) is 1. The predicted molar refractivity (Wildman–Crippen MR) is 601 cm³/mol. The van der Waals surface area contributed by atoms with Crippen LogP contribution in [0.4, 0.5) is 21.9 Å². The summed E-state index contributed by atoms with van der Waals surface area (Å²) in [5.41, 5.74) is 17.6. The highest BCUT2D eigenvalue weighted by Gasteiger charge is 2.30. The number of halogens is 1. The molecule has 0 aliphatic carbocycles. The first-order valence-electron chi connectivity index (χ1n) is 49.2. The lowest BCUT2D eigenvalue weighted by Crippen LogP contribution is -2.41. The number of ether oxygens (including phenoxy) is 2. The van der Waals surface area contributed by atoms with Crippen molar-refractivity contribution in [1.29, 1.82) is 0 Å². The normalized spacial score (nSPS) is 11.1. The second-order valence-corrected chi connectivity index (χ2v) is 36.7.